The molecule has 2 aromatic carbocycles. The maximum atomic E-state index is 11.9. The number of hydrogen-bond donors (Lipinski definition) is 1. The number of hydrogen-bond acceptors (Lipinski definition) is 4. The van der Waals surface area contributed by atoms with Crippen molar-refractivity contribution in [1.29, 1.82) is 0 Å². The van der Waals surface area contributed by atoms with E-state index in [1.807, 2.05) is 42.5 Å². The second kappa shape index (κ2) is 8.08. The Morgan fingerprint density at radius 3 is 2.62 bits per heavy atom. The number of aromatic nitrogens is 1. The average Bonchev–Trinajstić information content (AvgIpc) is 3.03. The molecule has 0 bridgehead atoms. The summed E-state index contributed by atoms with van der Waals surface area (Å²) in [5.74, 6) is 0.450. The van der Waals surface area contributed by atoms with Crippen molar-refractivity contribution in [3.63, 3.8) is 0 Å². The molecule has 3 rings (SSSR count). The highest BCUT2D eigenvalue weighted by atomic mass is 79.9. The topological polar surface area (TPSA) is 51.2 Å². The molecule has 0 atom stereocenters. The van der Waals surface area contributed by atoms with Gasteiger partial charge in [0.1, 0.15) is 5.75 Å². The molecule has 122 valence electrons. The van der Waals surface area contributed by atoms with Crippen LogP contribution in [0.2, 0.25) is 0 Å². The molecular weight excluding hydrogens is 388 g/mol. The van der Waals surface area contributed by atoms with Gasteiger partial charge >= 0.3 is 0 Å². The Bertz CT molecular complexity index is 803. The fraction of sp³-hybridized carbons (Fsp3) is 0.111. The van der Waals surface area contributed by atoms with Crippen LogP contribution in [0, 0.1) is 0 Å². The van der Waals surface area contributed by atoms with Crippen molar-refractivity contribution in [3.8, 4) is 5.75 Å². The summed E-state index contributed by atoms with van der Waals surface area (Å²) in [6, 6.07) is 17.4. The van der Waals surface area contributed by atoms with E-state index in [1.165, 1.54) is 16.9 Å². The van der Waals surface area contributed by atoms with Gasteiger partial charge < -0.3 is 4.74 Å². The Labute approximate surface area is 152 Å². The number of benzene rings is 2. The Morgan fingerprint density at radius 2 is 1.88 bits per heavy atom. The quantitative estimate of drug-likeness (QED) is 0.659. The van der Waals surface area contributed by atoms with Crippen LogP contribution in [0.4, 0.5) is 5.13 Å². The monoisotopic (exact) mass is 402 g/mol. The van der Waals surface area contributed by atoms with Crippen molar-refractivity contribution >= 4 is 38.3 Å². The maximum Gasteiger partial charge on any atom is 0.264 e. The number of ether oxygens (including phenoxy) is 1. The molecule has 0 unspecified atom stereocenters. The summed E-state index contributed by atoms with van der Waals surface area (Å²) in [6.07, 6.45) is 2.59. The summed E-state index contributed by atoms with van der Waals surface area (Å²) in [4.78, 5) is 17.3. The summed E-state index contributed by atoms with van der Waals surface area (Å²) in [5, 5.41) is 3.35. The smallest absolute Gasteiger partial charge is 0.264 e. The average molecular weight is 403 g/mol. The van der Waals surface area contributed by atoms with Crippen LogP contribution < -0.4 is 10.1 Å². The van der Waals surface area contributed by atoms with E-state index in [-0.39, 0.29) is 12.5 Å². The van der Waals surface area contributed by atoms with E-state index in [9.17, 15) is 4.79 Å². The molecule has 0 saturated carbocycles. The molecular formula is C18H15BrN2O2S. The largest absolute Gasteiger partial charge is 0.484 e. The number of rotatable bonds is 6. The highest BCUT2D eigenvalue weighted by Crippen LogP contribution is 2.22. The number of para-hydroxylation sites is 1. The highest BCUT2D eigenvalue weighted by molar-refractivity contribution is 9.10. The second-order valence-corrected chi connectivity index (χ2v) is 7.12. The van der Waals surface area contributed by atoms with E-state index in [0.717, 1.165) is 15.8 Å². The van der Waals surface area contributed by atoms with Gasteiger partial charge in [0.15, 0.2) is 11.7 Å². The lowest BCUT2D eigenvalue weighted by Crippen LogP contribution is -2.19. The van der Waals surface area contributed by atoms with E-state index in [4.69, 9.17) is 4.74 Å². The molecule has 1 amide bonds. The molecule has 1 heterocycles. The molecule has 0 aliphatic carbocycles. The molecule has 0 aliphatic heterocycles. The van der Waals surface area contributed by atoms with Crippen molar-refractivity contribution < 1.29 is 9.53 Å². The third-order valence-electron chi connectivity index (χ3n) is 3.20. The van der Waals surface area contributed by atoms with Gasteiger partial charge in [0.25, 0.3) is 5.91 Å². The zero-order valence-electron chi connectivity index (χ0n) is 12.7. The fourth-order valence-corrected chi connectivity index (χ4v) is 3.20. The number of nitrogens with zero attached hydrogens (tertiary/aromatic N) is 1. The van der Waals surface area contributed by atoms with Crippen LogP contribution >= 0.6 is 27.3 Å². The number of amides is 1. The number of thiazole rings is 1. The molecule has 3 aromatic rings. The first kappa shape index (κ1) is 16.7. The van der Waals surface area contributed by atoms with Crippen LogP contribution in [-0.2, 0) is 11.2 Å². The van der Waals surface area contributed by atoms with Crippen molar-refractivity contribution in [2.45, 2.75) is 6.42 Å². The van der Waals surface area contributed by atoms with Crippen LogP contribution in [0.15, 0.2) is 65.3 Å². The molecule has 0 fully saturated rings. The van der Waals surface area contributed by atoms with E-state index < -0.39 is 0 Å². The van der Waals surface area contributed by atoms with Gasteiger partial charge in [0.2, 0.25) is 0 Å². The zero-order chi connectivity index (χ0) is 16.8. The van der Waals surface area contributed by atoms with Crippen LogP contribution in [-0.4, -0.2) is 17.5 Å². The third-order valence-corrected chi connectivity index (χ3v) is 4.65. The molecule has 0 saturated heterocycles. The van der Waals surface area contributed by atoms with Gasteiger partial charge in [0, 0.05) is 22.0 Å². The minimum atomic E-state index is -0.219. The predicted molar refractivity (Wildman–Crippen MR) is 99.6 cm³/mol. The van der Waals surface area contributed by atoms with Gasteiger partial charge in [-0.3, -0.25) is 10.1 Å². The van der Waals surface area contributed by atoms with Crippen molar-refractivity contribution in [2.24, 2.45) is 0 Å². The molecule has 1 aromatic heterocycles. The third kappa shape index (κ3) is 4.91. The van der Waals surface area contributed by atoms with Crippen LogP contribution in [0.3, 0.4) is 0 Å². The normalized spacial score (nSPS) is 10.4. The molecule has 1 N–H and O–H groups in total. The molecule has 24 heavy (non-hydrogen) atoms. The van der Waals surface area contributed by atoms with Crippen molar-refractivity contribution in [2.75, 3.05) is 11.9 Å². The van der Waals surface area contributed by atoms with E-state index in [2.05, 4.69) is 38.4 Å². The lowest BCUT2D eigenvalue weighted by molar-refractivity contribution is -0.118. The van der Waals surface area contributed by atoms with E-state index >= 15 is 0 Å². The predicted octanol–water partition coefficient (Wildman–Crippen LogP) is 4.51. The standard InChI is InChI=1S/C18H15BrN2O2S/c19-14-8-6-13(7-9-14)10-16-11-20-18(24-16)21-17(22)12-23-15-4-2-1-3-5-15/h1-9,11H,10,12H2,(H,20,21,22). The molecule has 0 spiro atoms. The first-order valence-corrected chi connectivity index (χ1v) is 8.97. The summed E-state index contributed by atoms with van der Waals surface area (Å²) < 4.78 is 6.47. The van der Waals surface area contributed by atoms with Gasteiger partial charge in [-0.2, -0.15) is 0 Å². The molecule has 6 heteroatoms. The first-order chi connectivity index (χ1) is 11.7. The van der Waals surface area contributed by atoms with E-state index in [0.29, 0.717) is 10.9 Å². The number of anilines is 1. The molecule has 0 aliphatic rings. The van der Waals surface area contributed by atoms with Crippen molar-refractivity contribution in [3.05, 3.63) is 75.7 Å². The van der Waals surface area contributed by atoms with Gasteiger partial charge in [0.05, 0.1) is 0 Å². The Kier molecular flexibility index (Phi) is 5.61. The van der Waals surface area contributed by atoms with Crippen LogP contribution in [0.25, 0.3) is 0 Å². The van der Waals surface area contributed by atoms with Gasteiger partial charge in [-0.25, -0.2) is 4.98 Å². The summed E-state index contributed by atoms with van der Waals surface area (Å²) >= 11 is 4.90. The number of nitrogens with one attached hydrogen (secondary N) is 1. The number of halogens is 1. The minimum Gasteiger partial charge on any atom is -0.484 e. The number of carbonyl (C=O) groups excluding carboxylic acids is 1. The maximum absolute atomic E-state index is 11.9. The Balaban J connectivity index is 1.51. The highest BCUT2D eigenvalue weighted by Gasteiger charge is 2.08. The second-order valence-electron chi connectivity index (χ2n) is 5.08. The summed E-state index contributed by atoms with van der Waals surface area (Å²) in [6.45, 7) is -0.0361. The SMILES string of the molecule is O=C(COc1ccccc1)Nc1ncc(Cc2ccc(Br)cc2)s1. The lowest BCUT2D eigenvalue weighted by atomic mass is 10.1. The molecule has 0 radical (unpaired) electrons. The minimum absolute atomic E-state index is 0.0361. The van der Waals surface area contributed by atoms with Crippen molar-refractivity contribution in [1.82, 2.24) is 4.98 Å². The Morgan fingerprint density at radius 1 is 1.12 bits per heavy atom. The Hall–Kier alpha value is -2.18. The summed E-state index contributed by atoms with van der Waals surface area (Å²) in [7, 11) is 0. The van der Waals surface area contributed by atoms with Gasteiger partial charge in [-0.1, -0.05) is 46.3 Å². The summed E-state index contributed by atoms with van der Waals surface area (Å²) in [5.41, 5.74) is 1.20. The van der Waals surface area contributed by atoms with Gasteiger partial charge in [-0.15, -0.1) is 11.3 Å². The first-order valence-electron chi connectivity index (χ1n) is 7.36. The van der Waals surface area contributed by atoms with Crippen LogP contribution in [0.1, 0.15) is 10.4 Å². The van der Waals surface area contributed by atoms with E-state index in [1.54, 1.807) is 6.20 Å². The van der Waals surface area contributed by atoms with Crippen LogP contribution in [0.5, 0.6) is 5.75 Å². The molecule has 4 nitrogen and oxygen atoms in total. The lowest BCUT2D eigenvalue weighted by Gasteiger charge is -2.05. The zero-order valence-corrected chi connectivity index (χ0v) is 15.1. The fourth-order valence-electron chi connectivity index (χ4n) is 2.07. The van der Waals surface area contributed by atoms with Gasteiger partial charge in [-0.05, 0) is 29.8 Å². The number of carbonyl (C=O) groups is 1.